The maximum absolute atomic E-state index is 13.5. The molecule has 0 radical (unpaired) electrons. The Morgan fingerprint density at radius 3 is 2.44 bits per heavy atom. The number of halogens is 2. The average Bonchev–Trinajstić information content (AvgIpc) is 3.18. The van der Waals surface area contributed by atoms with Gasteiger partial charge in [0.2, 0.25) is 0 Å². The number of carbonyl (C=O) groups excluding carboxylic acids is 2. The molecule has 5 rings (SSSR count). The Morgan fingerprint density at radius 2 is 1.76 bits per heavy atom. The molecule has 4 atom stereocenters. The number of nitrogens with zero attached hydrogens (tertiary/aromatic N) is 2. The Bertz CT molecular complexity index is 1150. The summed E-state index contributed by atoms with van der Waals surface area (Å²) < 4.78 is 38.6. The zero-order valence-electron chi connectivity index (χ0n) is 18.0. The zero-order chi connectivity index (χ0) is 23.8. The summed E-state index contributed by atoms with van der Waals surface area (Å²) in [6.07, 6.45) is 1.59. The first-order chi connectivity index (χ1) is 16.4. The summed E-state index contributed by atoms with van der Waals surface area (Å²) in [5, 5.41) is 9.74. The van der Waals surface area contributed by atoms with E-state index in [1.54, 1.807) is 24.3 Å². The Labute approximate surface area is 194 Å². The highest BCUT2D eigenvalue weighted by Gasteiger charge is 2.49. The van der Waals surface area contributed by atoms with Gasteiger partial charge in [0.25, 0.3) is 5.91 Å². The van der Waals surface area contributed by atoms with E-state index in [-0.39, 0.29) is 31.2 Å². The molecule has 9 heteroatoms. The second-order valence-corrected chi connectivity index (χ2v) is 8.32. The Balaban J connectivity index is 1.48. The number of morpholine rings is 1. The van der Waals surface area contributed by atoms with E-state index in [4.69, 9.17) is 9.47 Å². The zero-order valence-corrected chi connectivity index (χ0v) is 18.0. The van der Waals surface area contributed by atoms with E-state index >= 15 is 0 Å². The molecule has 0 saturated carbocycles. The maximum Gasteiger partial charge on any atom is 0.415 e. The molecule has 2 aromatic carbocycles. The van der Waals surface area contributed by atoms with Crippen LogP contribution >= 0.6 is 0 Å². The third kappa shape index (κ3) is 4.14. The van der Waals surface area contributed by atoms with Crippen LogP contribution in [0.1, 0.15) is 18.0 Å². The first kappa shape index (κ1) is 22.1. The summed E-state index contributed by atoms with van der Waals surface area (Å²) in [5.74, 6) is -0.653. The van der Waals surface area contributed by atoms with Gasteiger partial charge in [0, 0.05) is 17.8 Å². The summed E-state index contributed by atoms with van der Waals surface area (Å²) in [6.45, 7) is -0.114. The molecule has 1 aliphatic carbocycles. The van der Waals surface area contributed by atoms with Gasteiger partial charge in [0.05, 0.1) is 6.54 Å². The highest BCUT2D eigenvalue weighted by Crippen LogP contribution is 2.41. The van der Waals surface area contributed by atoms with Crippen LogP contribution in [0.15, 0.2) is 72.5 Å². The molecule has 3 aliphatic rings. The van der Waals surface area contributed by atoms with Gasteiger partial charge in [-0.15, -0.1) is 0 Å². The van der Waals surface area contributed by atoms with Gasteiger partial charge in [-0.1, -0.05) is 18.2 Å². The summed E-state index contributed by atoms with van der Waals surface area (Å²) >= 11 is 0. The van der Waals surface area contributed by atoms with E-state index in [2.05, 4.69) is 0 Å². The van der Waals surface area contributed by atoms with Gasteiger partial charge in [-0.25, -0.2) is 13.6 Å². The van der Waals surface area contributed by atoms with Crippen molar-refractivity contribution in [3.8, 4) is 5.75 Å². The number of ether oxygens (including phenoxy) is 2. The molecule has 34 heavy (non-hydrogen) atoms. The second-order valence-electron chi connectivity index (χ2n) is 8.32. The van der Waals surface area contributed by atoms with E-state index < -0.39 is 36.3 Å². The van der Waals surface area contributed by atoms with Crippen molar-refractivity contribution in [3.63, 3.8) is 0 Å². The van der Waals surface area contributed by atoms with Crippen LogP contribution in [0.4, 0.5) is 19.3 Å². The standard InChI is InChI=1S/C25H22F2N2O5/c26-16-3-7-18(8-4-16)28-13-21(33-14-22(28)31)24-23(15-1-11-20(30)12-2-15)29(25(32)34-24)19-9-5-17(27)6-10-19/h1-3,5-12,16,21,23-24,30H,4,13-14H2/t16?,21-,23+,24+/m0/s1. The number of hydrogen-bond acceptors (Lipinski definition) is 5. The smallest absolute Gasteiger partial charge is 0.415 e. The second kappa shape index (κ2) is 8.90. The van der Waals surface area contributed by atoms with Crippen LogP contribution in [0.2, 0.25) is 0 Å². The molecule has 1 N–H and O–H groups in total. The average molecular weight is 468 g/mol. The molecule has 1 unspecified atom stereocenters. The summed E-state index contributed by atoms with van der Waals surface area (Å²) in [4.78, 5) is 28.5. The Morgan fingerprint density at radius 1 is 1.03 bits per heavy atom. The highest BCUT2D eigenvalue weighted by atomic mass is 19.1. The van der Waals surface area contributed by atoms with Gasteiger partial charge >= 0.3 is 6.09 Å². The largest absolute Gasteiger partial charge is 0.508 e. The lowest BCUT2D eigenvalue weighted by molar-refractivity contribution is -0.151. The van der Waals surface area contributed by atoms with Crippen molar-refractivity contribution in [1.29, 1.82) is 0 Å². The number of allylic oxidation sites excluding steroid dienone is 3. The SMILES string of the molecule is O=C1CO[C@H]([C@H]2OC(=O)N(c3ccc(F)cc3)[C@@H]2c2ccc(O)cc2)CN1C1=CCC(F)C=C1. The van der Waals surface area contributed by atoms with Crippen LogP contribution in [-0.4, -0.2) is 53.5 Å². The fraction of sp³-hybridized carbons (Fsp3) is 0.280. The Kier molecular flexibility index (Phi) is 5.79. The quantitative estimate of drug-likeness (QED) is 0.734. The molecule has 0 aromatic heterocycles. The monoisotopic (exact) mass is 468 g/mol. The van der Waals surface area contributed by atoms with Crippen LogP contribution in [0.5, 0.6) is 5.75 Å². The van der Waals surface area contributed by atoms with E-state index in [1.165, 1.54) is 52.3 Å². The van der Waals surface area contributed by atoms with Crippen LogP contribution in [0.3, 0.4) is 0 Å². The molecule has 0 spiro atoms. The highest BCUT2D eigenvalue weighted by molar-refractivity contribution is 5.91. The molecule has 2 aliphatic heterocycles. The van der Waals surface area contributed by atoms with Gasteiger partial charge in [-0.3, -0.25) is 9.69 Å². The molecule has 0 bridgehead atoms. The number of anilines is 1. The van der Waals surface area contributed by atoms with Gasteiger partial charge in [0.1, 0.15) is 36.5 Å². The lowest BCUT2D eigenvalue weighted by Crippen LogP contribution is -2.51. The molecule has 2 heterocycles. The van der Waals surface area contributed by atoms with Gasteiger partial charge in [0.15, 0.2) is 6.10 Å². The minimum Gasteiger partial charge on any atom is -0.508 e. The molecular formula is C25H22F2N2O5. The molecule has 176 valence electrons. The summed E-state index contributed by atoms with van der Waals surface area (Å²) in [7, 11) is 0. The summed E-state index contributed by atoms with van der Waals surface area (Å²) in [5.41, 5.74) is 1.68. The van der Waals surface area contributed by atoms with Crippen LogP contribution < -0.4 is 4.90 Å². The van der Waals surface area contributed by atoms with Crippen molar-refractivity contribution in [2.24, 2.45) is 0 Å². The van der Waals surface area contributed by atoms with Crippen LogP contribution in [0.25, 0.3) is 0 Å². The predicted octanol–water partition coefficient (Wildman–Crippen LogP) is 4.01. The van der Waals surface area contributed by atoms with Gasteiger partial charge in [-0.2, -0.15) is 0 Å². The molecular weight excluding hydrogens is 446 g/mol. The van der Waals surface area contributed by atoms with E-state index in [0.29, 0.717) is 16.9 Å². The number of aromatic hydroxyl groups is 1. The number of carbonyl (C=O) groups is 2. The van der Waals surface area contributed by atoms with Crippen molar-refractivity contribution >= 4 is 17.7 Å². The summed E-state index contributed by atoms with van der Waals surface area (Å²) in [6, 6.07) is 11.1. The minimum atomic E-state index is -1.09. The number of alkyl halides is 1. The maximum atomic E-state index is 13.5. The van der Waals surface area contributed by atoms with Gasteiger partial charge in [-0.05, 0) is 54.1 Å². The number of benzene rings is 2. The molecule has 2 amide bonds. The first-order valence-corrected chi connectivity index (χ1v) is 10.9. The minimum absolute atomic E-state index is 0.0618. The first-order valence-electron chi connectivity index (χ1n) is 10.9. The molecule has 2 fully saturated rings. The molecule has 2 saturated heterocycles. The number of phenolic OH excluding ortho intramolecular Hbond substituents is 1. The topological polar surface area (TPSA) is 79.3 Å². The fourth-order valence-corrected chi connectivity index (χ4v) is 4.48. The number of rotatable bonds is 4. The van der Waals surface area contributed by atoms with Crippen LogP contribution in [0, 0.1) is 5.82 Å². The van der Waals surface area contributed by atoms with Crippen molar-refractivity contribution in [1.82, 2.24) is 4.90 Å². The molecule has 2 aromatic rings. The number of phenols is 1. The normalized spacial score (nSPS) is 27.1. The van der Waals surface area contributed by atoms with Crippen molar-refractivity contribution in [2.75, 3.05) is 18.1 Å². The lowest BCUT2D eigenvalue weighted by Gasteiger charge is -2.37. The fourth-order valence-electron chi connectivity index (χ4n) is 4.48. The van der Waals surface area contributed by atoms with Crippen molar-refractivity contribution < 1.29 is 33.0 Å². The lowest BCUT2D eigenvalue weighted by atomic mass is 9.95. The van der Waals surface area contributed by atoms with E-state index in [9.17, 15) is 23.5 Å². The number of cyclic esters (lactones) is 1. The van der Waals surface area contributed by atoms with E-state index in [1.807, 2.05) is 0 Å². The third-order valence-electron chi connectivity index (χ3n) is 6.15. The van der Waals surface area contributed by atoms with E-state index in [0.717, 1.165) is 0 Å². The molecule has 7 nitrogen and oxygen atoms in total. The number of hydrogen-bond donors (Lipinski definition) is 1. The predicted molar refractivity (Wildman–Crippen MR) is 118 cm³/mol. The van der Waals surface area contributed by atoms with Gasteiger partial charge < -0.3 is 19.5 Å². The third-order valence-corrected chi connectivity index (χ3v) is 6.15. The number of amides is 2. The van der Waals surface area contributed by atoms with Crippen molar-refractivity contribution in [2.45, 2.75) is 30.8 Å². The van der Waals surface area contributed by atoms with Crippen LogP contribution in [-0.2, 0) is 14.3 Å². The van der Waals surface area contributed by atoms with Crippen molar-refractivity contribution in [3.05, 3.63) is 83.8 Å². The Hall–Kier alpha value is -3.72.